The maximum Gasteiger partial charge on any atom is 0.338 e. The minimum absolute atomic E-state index is 0.0380. The van der Waals surface area contributed by atoms with Gasteiger partial charge in [-0.3, -0.25) is 4.79 Å². The molecule has 0 unspecified atom stereocenters. The first-order valence-corrected chi connectivity index (χ1v) is 9.30. The number of carbonyl (C=O) groups excluding carboxylic acids is 2. The smallest absolute Gasteiger partial charge is 0.338 e. The van der Waals surface area contributed by atoms with Crippen molar-refractivity contribution in [1.82, 2.24) is 0 Å². The molecule has 0 atom stereocenters. The van der Waals surface area contributed by atoms with Gasteiger partial charge in [0.1, 0.15) is 6.10 Å². The molecule has 25 heavy (non-hydrogen) atoms. The van der Waals surface area contributed by atoms with Crippen molar-refractivity contribution >= 4 is 33.5 Å². The van der Waals surface area contributed by atoms with Crippen LogP contribution in [0.25, 0.3) is 0 Å². The summed E-state index contributed by atoms with van der Waals surface area (Å²) < 4.78 is 6.29. The number of carbonyl (C=O) groups is 2. The van der Waals surface area contributed by atoms with Crippen molar-refractivity contribution in [3.8, 4) is 0 Å². The lowest BCUT2D eigenvalue weighted by Crippen LogP contribution is -2.21. The Morgan fingerprint density at radius 3 is 2.32 bits per heavy atom. The molecule has 5 heteroatoms. The van der Waals surface area contributed by atoms with Crippen molar-refractivity contribution in [2.24, 2.45) is 0 Å². The van der Waals surface area contributed by atoms with E-state index >= 15 is 0 Å². The number of hydrogen-bond acceptors (Lipinski definition) is 3. The van der Waals surface area contributed by atoms with Crippen LogP contribution in [0.3, 0.4) is 0 Å². The number of hydrogen-bond donors (Lipinski definition) is 1. The minimum Gasteiger partial charge on any atom is -0.459 e. The Bertz CT molecular complexity index is 752. The molecule has 0 aliphatic heterocycles. The van der Waals surface area contributed by atoms with Gasteiger partial charge in [-0.25, -0.2) is 4.79 Å². The highest BCUT2D eigenvalue weighted by molar-refractivity contribution is 9.10. The van der Waals surface area contributed by atoms with Crippen molar-refractivity contribution in [2.45, 2.75) is 38.2 Å². The fraction of sp³-hybridized carbons (Fsp3) is 0.300. The fourth-order valence-corrected chi connectivity index (χ4v) is 3.40. The topological polar surface area (TPSA) is 55.4 Å². The molecule has 1 saturated carbocycles. The highest BCUT2D eigenvalue weighted by Gasteiger charge is 2.18. The van der Waals surface area contributed by atoms with Gasteiger partial charge >= 0.3 is 5.97 Å². The Labute approximate surface area is 155 Å². The molecule has 0 spiro atoms. The largest absolute Gasteiger partial charge is 0.459 e. The van der Waals surface area contributed by atoms with Crippen LogP contribution in [0.15, 0.2) is 53.0 Å². The third-order valence-electron chi connectivity index (χ3n) is 4.32. The van der Waals surface area contributed by atoms with E-state index in [4.69, 9.17) is 4.74 Å². The van der Waals surface area contributed by atoms with E-state index in [2.05, 4.69) is 21.2 Å². The number of rotatable bonds is 4. The van der Waals surface area contributed by atoms with Crippen LogP contribution in [0.5, 0.6) is 0 Å². The third kappa shape index (κ3) is 4.69. The molecule has 3 rings (SSSR count). The normalized spacial score (nSPS) is 14.8. The molecule has 130 valence electrons. The van der Waals surface area contributed by atoms with Gasteiger partial charge in [-0.1, -0.05) is 18.6 Å². The highest BCUT2D eigenvalue weighted by atomic mass is 79.9. The van der Waals surface area contributed by atoms with Gasteiger partial charge in [-0.15, -0.1) is 0 Å². The zero-order chi connectivity index (χ0) is 17.6. The van der Waals surface area contributed by atoms with Gasteiger partial charge in [0.05, 0.1) is 11.1 Å². The number of halogens is 1. The second kappa shape index (κ2) is 8.30. The van der Waals surface area contributed by atoms with Crippen molar-refractivity contribution < 1.29 is 14.3 Å². The van der Waals surface area contributed by atoms with Crippen LogP contribution in [-0.2, 0) is 4.74 Å². The molecule has 0 heterocycles. The van der Waals surface area contributed by atoms with Crippen molar-refractivity contribution in [2.75, 3.05) is 5.32 Å². The zero-order valence-corrected chi connectivity index (χ0v) is 15.4. The fourth-order valence-electron chi connectivity index (χ4n) is 2.94. The van der Waals surface area contributed by atoms with Gasteiger partial charge in [0.2, 0.25) is 0 Å². The molecule has 0 aromatic heterocycles. The first-order valence-electron chi connectivity index (χ1n) is 8.50. The molecule has 4 nitrogen and oxygen atoms in total. The molecule has 0 radical (unpaired) electrons. The summed E-state index contributed by atoms with van der Waals surface area (Å²) in [4.78, 5) is 24.5. The maximum absolute atomic E-state index is 12.3. The molecule has 1 N–H and O–H groups in total. The van der Waals surface area contributed by atoms with Gasteiger partial charge < -0.3 is 10.1 Å². The summed E-state index contributed by atoms with van der Waals surface area (Å²) in [5.74, 6) is -0.499. The predicted octanol–water partition coefficient (Wildman–Crippen LogP) is 5.19. The Morgan fingerprint density at radius 2 is 1.64 bits per heavy atom. The number of esters is 1. The van der Waals surface area contributed by atoms with E-state index in [-0.39, 0.29) is 18.0 Å². The third-order valence-corrected chi connectivity index (χ3v) is 5.01. The van der Waals surface area contributed by atoms with Gasteiger partial charge in [0.15, 0.2) is 0 Å². The van der Waals surface area contributed by atoms with Crippen LogP contribution < -0.4 is 5.32 Å². The van der Waals surface area contributed by atoms with E-state index in [1.54, 1.807) is 30.3 Å². The number of ether oxygens (including phenoxy) is 1. The van der Waals surface area contributed by atoms with Crippen LogP contribution in [0.1, 0.15) is 52.8 Å². The van der Waals surface area contributed by atoms with E-state index in [9.17, 15) is 9.59 Å². The van der Waals surface area contributed by atoms with E-state index in [0.717, 1.165) is 30.2 Å². The second-order valence-corrected chi connectivity index (χ2v) is 7.03. The van der Waals surface area contributed by atoms with Gasteiger partial charge in [0.25, 0.3) is 5.91 Å². The Balaban J connectivity index is 1.61. The van der Waals surface area contributed by atoms with E-state index in [0.29, 0.717) is 16.8 Å². The van der Waals surface area contributed by atoms with Crippen molar-refractivity contribution in [3.05, 3.63) is 64.1 Å². The van der Waals surface area contributed by atoms with Gasteiger partial charge in [-0.05, 0) is 78.0 Å². The number of anilines is 1. The molecular weight excluding hydrogens is 382 g/mol. The summed E-state index contributed by atoms with van der Waals surface area (Å²) in [5, 5.41) is 2.83. The second-order valence-electron chi connectivity index (χ2n) is 6.18. The lowest BCUT2D eigenvalue weighted by Gasteiger charge is -2.21. The highest BCUT2D eigenvalue weighted by Crippen LogP contribution is 2.22. The Morgan fingerprint density at radius 1 is 0.960 bits per heavy atom. The summed E-state index contributed by atoms with van der Waals surface area (Å²) in [6.07, 6.45) is 5.41. The van der Waals surface area contributed by atoms with Gasteiger partial charge in [0, 0.05) is 10.2 Å². The average Bonchev–Trinajstić information content (AvgIpc) is 2.63. The molecule has 1 aliphatic rings. The average molecular weight is 402 g/mol. The van der Waals surface area contributed by atoms with Crippen LogP contribution in [0.2, 0.25) is 0 Å². The molecule has 2 aromatic rings. The molecule has 0 bridgehead atoms. The standard InChI is InChI=1S/C20H20BrNO3/c21-18-9-5-4-8-17(18)19(23)22-15-12-10-14(11-13-15)20(24)25-16-6-2-1-3-7-16/h4-5,8-13,16H,1-3,6-7H2,(H,22,23). The van der Waals surface area contributed by atoms with E-state index < -0.39 is 0 Å². The number of amides is 1. The summed E-state index contributed by atoms with van der Waals surface area (Å²) in [6.45, 7) is 0. The molecule has 1 fully saturated rings. The summed E-state index contributed by atoms with van der Waals surface area (Å²) in [7, 11) is 0. The molecule has 0 saturated heterocycles. The first kappa shape index (κ1) is 17.7. The number of nitrogens with one attached hydrogen (secondary N) is 1. The Kier molecular flexibility index (Phi) is 5.87. The van der Waals surface area contributed by atoms with Crippen LogP contribution in [-0.4, -0.2) is 18.0 Å². The summed E-state index contributed by atoms with van der Waals surface area (Å²) in [6, 6.07) is 14.0. The predicted molar refractivity (Wildman–Crippen MR) is 101 cm³/mol. The minimum atomic E-state index is -0.296. The van der Waals surface area contributed by atoms with Crippen molar-refractivity contribution in [1.29, 1.82) is 0 Å². The van der Waals surface area contributed by atoms with E-state index in [1.165, 1.54) is 6.42 Å². The first-order chi connectivity index (χ1) is 12.1. The monoisotopic (exact) mass is 401 g/mol. The molecule has 1 amide bonds. The van der Waals surface area contributed by atoms with Gasteiger partial charge in [-0.2, -0.15) is 0 Å². The molecular formula is C20H20BrNO3. The number of benzene rings is 2. The van der Waals surface area contributed by atoms with Crippen LogP contribution in [0, 0.1) is 0 Å². The molecule has 2 aromatic carbocycles. The lowest BCUT2D eigenvalue weighted by atomic mass is 9.98. The molecule has 1 aliphatic carbocycles. The SMILES string of the molecule is O=C(OC1CCCCC1)c1ccc(NC(=O)c2ccccc2Br)cc1. The Hall–Kier alpha value is -2.14. The summed E-state index contributed by atoms with van der Waals surface area (Å²) in [5.41, 5.74) is 1.70. The van der Waals surface area contributed by atoms with Crippen LogP contribution >= 0.6 is 15.9 Å². The quantitative estimate of drug-likeness (QED) is 0.716. The maximum atomic E-state index is 12.3. The summed E-state index contributed by atoms with van der Waals surface area (Å²) >= 11 is 3.37. The van der Waals surface area contributed by atoms with Crippen LogP contribution in [0.4, 0.5) is 5.69 Å². The zero-order valence-electron chi connectivity index (χ0n) is 13.8. The van der Waals surface area contributed by atoms with E-state index in [1.807, 2.05) is 18.2 Å². The lowest BCUT2D eigenvalue weighted by molar-refractivity contribution is 0.0211. The van der Waals surface area contributed by atoms with Crippen molar-refractivity contribution in [3.63, 3.8) is 0 Å².